The number of nitrogens with one attached hydrogen (secondary N) is 2. The van der Waals surface area contributed by atoms with Crippen LogP contribution in [0.4, 0.5) is 5.95 Å². The smallest absolute Gasteiger partial charge is 0.340 e. The SMILES string of the molecule is COc1cc(OC)c2c(C)c(CC(=O)Nc3nn[nH]n3)c(=O)oc2c1. The molecule has 0 atom stereocenters. The molecule has 0 saturated carbocycles. The molecule has 3 rings (SSSR count). The highest BCUT2D eigenvalue weighted by molar-refractivity contribution is 5.93. The molecule has 0 aliphatic rings. The molecule has 0 aliphatic heterocycles. The lowest BCUT2D eigenvalue weighted by molar-refractivity contribution is -0.115. The van der Waals surface area contributed by atoms with Crippen molar-refractivity contribution >= 4 is 22.8 Å². The summed E-state index contributed by atoms with van der Waals surface area (Å²) in [5.74, 6) is 0.531. The molecule has 3 aromatic rings. The summed E-state index contributed by atoms with van der Waals surface area (Å²) in [7, 11) is 3.00. The summed E-state index contributed by atoms with van der Waals surface area (Å²) >= 11 is 0. The zero-order valence-electron chi connectivity index (χ0n) is 13.7. The van der Waals surface area contributed by atoms with Crippen LogP contribution in [0.2, 0.25) is 0 Å². The molecule has 0 radical (unpaired) electrons. The van der Waals surface area contributed by atoms with Crippen molar-refractivity contribution in [1.82, 2.24) is 20.6 Å². The van der Waals surface area contributed by atoms with Crippen LogP contribution in [0.25, 0.3) is 11.0 Å². The van der Waals surface area contributed by atoms with Gasteiger partial charge in [-0.1, -0.05) is 5.10 Å². The summed E-state index contributed by atoms with van der Waals surface area (Å²) in [6, 6.07) is 3.27. The number of methoxy groups -OCH3 is 2. The second kappa shape index (κ2) is 6.59. The van der Waals surface area contributed by atoms with Gasteiger partial charge in [-0.25, -0.2) is 4.79 Å². The van der Waals surface area contributed by atoms with E-state index < -0.39 is 11.5 Å². The van der Waals surface area contributed by atoms with Gasteiger partial charge in [0.05, 0.1) is 31.6 Å². The number of aromatic amines is 1. The third-order valence-corrected chi connectivity index (χ3v) is 3.71. The molecule has 2 aromatic heterocycles. The quantitative estimate of drug-likeness (QED) is 0.649. The highest BCUT2D eigenvalue weighted by Crippen LogP contribution is 2.33. The zero-order chi connectivity index (χ0) is 18.0. The number of H-pyrrole nitrogens is 1. The van der Waals surface area contributed by atoms with Gasteiger partial charge in [-0.2, -0.15) is 5.21 Å². The Morgan fingerprint density at radius 1 is 1.32 bits per heavy atom. The number of ether oxygens (including phenoxy) is 2. The minimum atomic E-state index is -0.608. The van der Waals surface area contributed by atoms with E-state index in [-0.39, 0.29) is 17.9 Å². The summed E-state index contributed by atoms with van der Waals surface area (Å²) in [4.78, 5) is 24.4. The number of nitrogens with zero attached hydrogens (tertiary/aromatic N) is 3. The second-order valence-corrected chi connectivity index (χ2v) is 5.16. The van der Waals surface area contributed by atoms with Gasteiger partial charge >= 0.3 is 5.63 Å². The number of hydrogen-bond acceptors (Lipinski definition) is 8. The summed E-state index contributed by atoms with van der Waals surface area (Å²) in [6.07, 6.45) is -0.201. The van der Waals surface area contributed by atoms with Crippen molar-refractivity contribution < 1.29 is 18.7 Å². The highest BCUT2D eigenvalue weighted by atomic mass is 16.5. The highest BCUT2D eigenvalue weighted by Gasteiger charge is 2.19. The van der Waals surface area contributed by atoms with E-state index in [1.54, 1.807) is 19.1 Å². The number of benzene rings is 1. The largest absolute Gasteiger partial charge is 0.496 e. The first-order valence-electron chi connectivity index (χ1n) is 7.25. The standard InChI is InChI=1S/C15H15N5O5/c1-7-9(6-12(21)16-15-17-19-20-18-15)14(22)25-11-5-8(23-2)4-10(24-3)13(7)11/h4-5H,6H2,1-3H3,(H2,16,17,18,19,20,21). The molecular weight excluding hydrogens is 330 g/mol. The van der Waals surface area contributed by atoms with Gasteiger partial charge in [0.15, 0.2) is 0 Å². The minimum Gasteiger partial charge on any atom is -0.496 e. The van der Waals surface area contributed by atoms with Gasteiger partial charge in [-0.05, 0) is 17.7 Å². The number of tetrazole rings is 1. The average Bonchev–Trinajstić information content (AvgIpc) is 3.10. The number of aryl methyl sites for hydroxylation is 1. The summed E-state index contributed by atoms with van der Waals surface area (Å²) in [6.45, 7) is 1.73. The zero-order valence-corrected chi connectivity index (χ0v) is 13.7. The van der Waals surface area contributed by atoms with Crippen LogP contribution in [0.3, 0.4) is 0 Å². The van der Waals surface area contributed by atoms with Crippen LogP contribution in [0, 0.1) is 6.92 Å². The van der Waals surface area contributed by atoms with Gasteiger partial charge in [0, 0.05) is 12.1 Å². The Morgan fingerprint density at radius 2 is 2.12 bits per heavy atom. The maximum absolute atomic E-state index is 12.3. The van der Waals surface area contributed by atoms with E-state index in [9.17, 15) is 9.59 Å². The Hall–Kier alpha value is -3.43. The van der Waals surface area contributed by atoms with Crippen molar-refractivity contribution in [2.75, 3.05) is 19.5 Å². The topological polar surface area (TPSA) is 132 Å². The first kappa shape index (κ1) is 16.4. The molecule has 0 bridgehead atoms. The van der Waals surface area contributed by atoms with Gasteiger partial charge in [0.2, 0.25) is 5.91 Å². The number of carbonyl (C=O) groups excluding carboxylic acids is 1. The first-order valence-corrected chi connectivity index (χ1v) is 7.25. The number of aromatic nitrogens is 4. The molecular formula is C15H15N5O5. The summed E-state index contributed by atoms with van der Waals surface area (Å²) < 4.78 is 15.9. The number of anilines is 1. The predicted octanol–water partition coefficient (Wildman–Crippen LogP) is 0.813. The van der Waals surface area contributed by atoms with Crippen LogP contribution in [0.1, 0.15) is 11.1 Å². The van der Waals surface area contributed by atoms with Gasteiger partial charge in [0.25, 0.3) is 5.95 Å². The van der Waals surface area contributed by atoms with E-state index in [4.69, 9.17) is 13.9 Å². The third-order valence-electron chi connectivity index (χ3n) is 3.71. The van der Waals surface area contributed by atoms with Crippen molar-refractivity contribution in [2.24, 2.45) is 0 Å². The van der Waals surface area contributed by atoms with Gasteiger partial charge < -0.3 is 13.9 Å². The van der Waals surface area contributed by atoms with Gasteiger partial charge in [0.1, 0.15) is 17.1 Å². The van der Waals surface area contributed by atoms with Crippen molar-refractivity contribution in [3.8, 4) is 11.5 Å². The van der Waals surface area contributed by atoms with Crippen LogP contribution in [-0.2, 0) is 11.2 Å². The fraction of sp³-hybridized carbons (Fsp3) is 0.267. The number of rotatable bonds is 5. The normalized spacial score (nSPS) is 10.7. The molecule has 2 N–H and O–H groups in total. The maximum atomic E-state index is 12.3. The van der Waals surface area contributed by atoms with Crippen LogP contribution in [0.15, 0.2) is 21.3 Å². The Morgan fingerprint density at radius 3 is 2.76 bits per heavy atom. The Bertz CT molecular complexity index is 980. The van der Waals surface area contributed by atoms with Crippen molar-refractivity contribution in [1.29, 1.82) is 0 Å². The second-order valence-electron chi connectivity index (χ2n) is 5.16. The Balaban J connectivity index is 2.04. The summed E-state index contributed by atoms with van der Waals surface area (Å²) in [5.41, 5.74) is 0.524. The van der Waals surface area contributed by atoms with Crippen LogP contribution in [-0.4, -0.2) is 40.8 Å². The molecule has 130 valence electrons. The lowest BCUT2D eigenvalue weighted by Crippen LogP contribution is -2.21. The molecule has 0 aliphatic carbocycles. The number of amides is 1. The van der Waals surface area contributed by atoms with E-state index in [0.29, 0.717) is 28.0 Å². The minimum absolute atomic E-state index is 0.0233. The molecule has 1 aromatic carbocycles. The molecule has 1 amide bonds. The number of fused-ring (bicyclic) bond motifs is 1. The Kier molecular flexibility index (Phi) is 4.33. The molecule has 0 unspecified atom stereocenters. The molecule has 2 heterocycles. The lowest BCUT2D eigenvalue weighted by Gasteiger charge is -2.12. The van der Waals surface area contributed by atoms with E-state index in [1.807, 2.05) is 0 Å². The van der Waals surface area contributed by atoms with E-state index in [1.165, 1.54) is 14.2 Å². The third kappa shape index (κ3) is 3.13. The lowest BCUT2D eigenvalue weighted by atomic mass is 10.0. The summed E-state index contributed by atoms with van der Waals surface area (Å²) in [5, 5.41) is 15.8. The van der Waals surface area contributed by atoms with Crippen molar-refractivity contribution in [2.45, 2.75) is 13.3 Å². The van der Waals surface area contributed by atoms with Crippen molar-refractivity contribution in [3.63, 3.8) is 0 Å². The van der Waals surface area contributed by atoms with E-state index in [2.05, 4.69) is 25.9 Å². The van der Waals surface area contributed by atoms with E-state index in [0.717, 1.165) is 0 Å². The molecule has 0 fully saturated rings. The molecule has 10 heteroatoms. The van der Waals surface area contributed by atoms with Crippen molar-refractivity contribution in [3.05, 3.63) is 33.7 Å². The number of carbonyl (C=O) groups is 1. The first-order chi connectivity index (χ1) is 12.0. The maximum Gasteiger partial charge on any atom is 0.340 e. The van der Waals surface area contributed by atoms with Crippen LogP contribution >= 0.6 is 0 Å². The predicted molar refractivity (Wildman–Crippen MR) is 86.8 cm³/mol. The molecule has 10 nitrogen and oxygen atoms in total. The molecule has 25 heavy (non-hydrogen) atoms. The van der Waals surface area contributed by atoms with Crippen LogP contribution < -0.4 is 20.4 Å². The number of hydrogen-bond donors (Lipinski definition) is 2. The fourth-order valence-electron chi connectivity index (χ4n) is 2.51. The van der Waals surface area contributed by atoms with Crippen LogP contribution in [0.5, 0.6) is 11.5 Å². The van der Waals surface area contributed by atoms with E-state index >= 15 is 0 Å². The molecule has 0 spiro atoms. The monoisotopic (exact) mass is 345 g/mol. The average molecular weight is 345 g/mol. The molecule has 0 saturated heterocycles. The van der Waals surface area contributed by atoms with Gasteiger partial charge in [-0.3, -0.25) is 10.1 Å². The van der Waals surface area contributed by atoms with Gasteiger partial charge in [-0.15, -0.1) is 5.10 Å². The fourth-order valence-corrected chi connectivity index (χ4v) is 2.51. The Labute approximate surface area is 141 Å².